The van der Waals surface area contributed by atoms with Crippen LogP contribution in [-0.4, -0.2) is 34.1 Å². The zero-order chi connectivity index (χ0) is 16.9. The molecule has 0 aromatic heterocycles. The number of hydrogen-bond donors (Lipinski definition) is 2. The van der Waals surface area contributed by atoms with Crippen LogP contribution in [0.2, 0.25) is 0 Å². The first-order valence-electron chi connectivity index (χ1n) is 9.10. The predicted octanol–water partition coefficient (Wildman–Crippen LogP) is 3.46. The van der Waals surface area contributed by atoms with E-state index in [0.29, 0.717) is 18.4 Å². The van der Waals surface area contributed by atoms with Gasteiger partial charge in [0, 0.05) is 5.92 Å². The molecule has 3 heteroatoms. The Morgan fingerprint density at radius 2 is 2.17 bits per heavy atom. The van der Waals surface area contributed by atoms with Crippen molar-refractivity contribution in [3.8, 4) is 0 Å². The van der Waals surface area contributed by atoms with Gasteiger partial charge in [-0.3, -0.25) is 0 Å². The molecule has 1 heterocycles. The lowest BCUT2D eigenvalue weighted by Crippen LogP contribution is -2.41. The molecule has 1 aliphatic heterocycles. The van der Waals surface area contributed by atoms with E-state index in [1.807, 2.05) is 19.9 Å². The van der Waals surface area contributed by atoms with E-state index in [0.717, 1.165) is 24.8 Å². The molecule has 3 aliphatic rings. The minimum Gasteiger partial charge on any atom is -0.392 e. The molecule has 3 fully saturated rings. The maximum atomic E-state index is 11.1. The van der Waals surface area contributed by atoms with E-state index >= 15 is 0 Å². The molecule has 2 aliphatic carbocycles. The topological polar surface area (TPSA) is 53.0 Å². The highest BCUT2D eigenvalue weighted by Crippen LogP contribution is 2.61. The molecule has 3 nitrogen and oxygen atoms in total. The van der Waals surface area contributed by atoms with Gasteiger partial charge in [-0.15, -0.1) is 0 Å². The zero-order valence-electron chi connectivity index (χ0n) is 15.0. The average Bonchev–Trinajstić information content (AvgIpc) is 3.01. The van der Waals surface area contributed by atoms with Crippen LogP contribution in [0.5, 0.6) is 0 Å². The van der Waals surface area contributed by atoms with Gasteiger partial charge in [-0.05, 0) is 64.2 Å². The van der Waals surface area contributed by atoms with E-state index in [1.54, 1.807) is 0 Å². The maximum Gasteiger partial charge on any atom is 0.0979 e. The highest BCUT2D eigenvalue weighted by molar-refractivity contribution is 5.24. The monoisotopic (exact) mass is 320 g/mol. The van der Waals surface area contributed by atoms with Crippen LogP contribution in [0.1, 0.15) is 53.4 Å². The molecule has 2 saturated carbocycles. The van der Waals surface area contributed by atoms with Crippen LogP contribution in [0, 0.1) is 23.7 Å². The number of aliphatic hydroxyl groups is 2. The molecule has 8 unspecified atom stereocenters. The number of rotatable bonds is 4. The normalized spacial score (nSPS) is 44.8. The lowest BCUT2D eigenvalue weighted by molar-refractivity contribution is -0.0222. The van der Waals surface area contributed by atoms with Gasteiger partial charge in [0.1, 0.15) is 0 Å². The first-order chi connectivity index (χ1) is 10.7. The van der Waals surface area contributed by atoms with Crippen LogP contribution in [0.4, 0.5) is 0 Å². The number of aliphatic hydroxyl groups excluding tert-OH is 2. The van der Waals surface area contributed by atoms with Crippen molar-refractivity contribution < 1.29 is 14.9 Å². The molecule has 0 bridgehead atoms. The zero-order valence-corrected chi connectivity index (χ0v) is 15.0. The fourth-order valence-electron chi connectivity index (χ4n) is 5.23. The van der Waals surface area contributed by atoms with Crippen molar-refractivity contribution in [2.75, 3.05) is 0 Å². The minimum atomic E-state index is -0.423. The van der Waals surface area contributed by atoms with Gasteiger partial charge in [0.05, 0.1) is 23.9 Å². The second kappa shape index (κ2) is 6.02. The quantitative estimate of drug-likeness (QED) is 0.616. The number of epoxide rings is 1. The van der Waals surface area contributed by atoms with Gasteiger partial charge in [0.2, 0.25) is 0 Å². The van der Waals surface area contributed by atoms with Gasteiger partial charge in [-0.1, -0.05) is 30.7 Å². The third-order valence-corrected chi connectivity index (χ3v) is 6.54. The second-order valence-electron chi connectivity index (χ2n) is 8.53. The highest BCUT2D eigenvalue weighted by Gasteiger charge is 2.68. The molecule has 2 N–H and O–H groups in total. The smallest absolute Gasteiger partial charge is 0.0979 e. The Hall–Kier alpha value is -0.640. The summed E-state index contributed by atoms with van der Waals surface area (Å²) in [5.41, 5.74) is 2.29. The van der Waals surface area contributed by atoms with Crippen molar-refractivity contribution >= 4 is 0 Å². The summed E-state index contributed by atoms with van der Waals surface area (Å²) in [4.78, 5) is 0. The summed E-state index contributed by atoms with van der Waals surface area (Å²) < 4.78 is 5.89. The third kappa shape index (κ3) is 3.04. The van der Waals surface area contributed by atoms with Crippen LogP contribution in [0.25, 0.3) is 0 Å². The number of fused-ring (bicyclic) bond motifs is 3. The van der Waals surface area contributed by atoms with Crippen LogP contribution in [0.15, 0.2) is 23.8 Å². The lowest BCUT2D eigenvalue weighted by Gasteiger charge is -2.35. The van der Waals surface area contributed by atoms with E-state index in [-0.39, 0.29) is 29.5 Å². The molecule has 130 valence electrons. The maximum absolute atomic E-state index is 11.1. The van der Waals surface area contributed by atoms with Gasteiger partial charge in [0.15, 0.2) is 0 Å². The standard InChI is InChI=1S/C20H32O3/c1-11(2)8-14(21)9-13(4)15-7-6-12(3)16-10-17-20(5,23-17)18(16)19(15)22/h8,13-19,21-22H,3,6-7,9-10H2,1-2,4-5H3. The Bertz CT molecular complexity index is 507. The summed E-state index contributed by atoms with van der Waals surface area (Å²) in [6.45, 7) is 12.6. The highest BCUT2D eigenvalue weighted by atomic mass is 16.6. The second-order valence-corrected chi connectivity index (χ2v) is 8.53. The van der Waals surface area contributed by atoms with E-state index in [1.165, 1.54) is 5.57 Å². The summed E-state index contributed by atoms with van der Waals surface area (Å²) in [5, 5.41) is 21.4. The molecule has 0 amide bonds. The summed E-state index contributed by atoms with van der Waals surface area (Å²) >= 11 is 0. The Morgan fingerprint density at radius 3 is 2.83 bits per heavy atom. The molecular formula is C20H32O3. The van der Waals surface area contributed by atoms with Crippen molar-refractivity contribution in [2.24, 2.45) is 23.7 Å². The molecule has 0 aromatic rings. The summed E-state index contributed by atoms with van der Waals surface area (Å²) in [5.74, 6) is 1.08. The van der Waals surface area contributed by atoms with Crippen LogP contribution in [-0.2, 0) is 4.74 Å². The van der Waals surface area contributed by atoms with E-state index in [4.69, 9.17) is 4.74 Å². The molecule has 0 aromatic carbocycles. The molecule has 3 rings (SSSR count). The van der Waals surface area contributed by atoms with Crippen molar-refractivity contribution in [3.05, 3.63) is 23.8 Å². The fourth-order valence-corrected chi connectivity index (χ4v) is 5.23. The van der Waals surface area contributed by atoms with Gasteiger partial charge < -0.3 is 14.9 Å². The molecule has 23 heavy (non-hydrogen) atoms. The van der Waals surface area contributed by atoms with Crippen molar-refractivity contribution in [3.63, 3.8) is 0 Å². The Kier molecular flexibility index (Phi) is 4.50. The van der Waals surface area contributed by atoms with Crippen molar-refractivity contribution in [1.82, 2.24) is 0 Å². The van der Waals surface area contributed by atoms with Gasteiger partial charge >= 0.3 is 0 Å². The lowest BCUT2D eigenvalue weighted by atomic mass is 9.74. The first-order valence-corrected chi connectivity index (χ1v) is 9.10. The molecule has 1 saturated heterocycles. The van der Waals surface area contributed by atoms with E-state index in [2.05, 4.69) is 20.4 Å². The van der Waals surface area contributed by atoms with E-state index in [9.17, 15) is 10.2 Å². The summed E-state index contributed by atoms with van der Waals surface area (Å²) in [6, 6.07) is 0. The van der Waals surface area contributed by atoms with Crippen LogP contribution >= 0.6 is 0 Å². The van der Waals surface area contributed by atoms with E-state index < -0.39 is 6.10 Å². The Morgan fingerprint density at radius 1 is 1.48 bits per heavy atom. The minimum absolute atomic E-state index is 0.145. The predicted molar refractivity (Wildman–Crippen MR) is 92.0 cm³/mol. The van der Waals surface area contributed by atoms with Crippen molar-refractivity contribution in [2.45, 2.75) is 77.3 Å². The average molecular weight is 320 g/mol. The van der Waals surface area contributed by atoms with Crippen molar-refractivity contribution in [1.29, 1.82) is 0 Å². The van der Waals surface area contributed by atoms with Crippen LogP contribution in [0.3, 0.4) is 0 Å². The third-order valence-electron chi connectivity index (χ3n) is 6.54. The van der Waals surface area contributed by atoms with Gasteiger partial charge in [-0.25, -0.2) is 0 Å². The molecule has 8 atom stereocenters. The Labute approximate surface area is 140 Å². The number of hydrogen-bond acceptors (Lipinski definition) is 3. The fraction of sp³-hybridized carbons (Fsp3) is 0.800. The number of ether oxygens (including phenoxy) is 1. The summed E-state index contributed by atoms with van der Waals surface area (Å²) in [6.07, 6.45) is 5.15. The largest absolute Gasteiger partial charge is 0.392 e. The molecular weight excluding hydrogens is 288 g/mol. The number of allylic oxidation sites excluding steroid dienone is 2. The van der Waals surface area contributed by atoms with Crippen LogP contribution < -0.4 is 0 Å². The molecule has 0 radical (unpaired) electrons. The first kappa shape index (κ1) is 17.2. The molecule has 0 spiro atoms. The van der Waals surface area contributed by atoms with Gasteiger partial charge in [-0.2, -0.15) is 0 Å². The SMILES string of the molecule is C=C1CCC(C(C)CC(O)C=C(C)C)C(O)C2C1CC1OC12C. The Balaban J connectivity index is 1.74. The van der Waals surface area contributed by atoms with Gasteiger partial charge in [0.25, 0.3) is 0 Å². The summed E-state index contributed by atoms with van der Waals surface area (Å²) in [7, 11) is 0.